The first-order chi connectivity index (χ1) is 17.3. The second kappa shape index (κ2) is 11.6. The minimum atomic E-state index is 0.0510. The first-order valence-electron chi connectivity index (χ1n) is 12.0. The van der Waals surface area contributed by atoms with Crippen molar-refractivity contribution in [1.29, 1.82) is 0 Å². The lowest BCUT2D eigenvalue weighted by Gasteiger charge is -2.31. The first kappa shape index (κ1) is 25.8. The van der Waals surface area contributed by atoms with Crippen LogP contribution in [0.15, 0.2) is 71.5 Å². The van der Waals surface area contributed by atoms with Crippen LogP contribution in [-0.2, 0) is 13.0 Å². The number of rotatable bonds is 10. The molecule has 0 unspecified atom stereocenters. The molecule has 0 fully saturated rings. The molecule has 0 saturated heterocycles. The van der Waals surface area contributed by atoms with Crippen molar-refractivity contribution in [3.8, 4) is 12.3 Å². The van der Waals surface area contributed by atoms with Gasteiger partial charge in [-0.3, -0.25) is 4.79 Å². The van der Waals surface area contributed by atoms with Crippen molar-refractivity contribution >= 4 is 40.0 Å². The van der Waals surface area contributed by atoms with E-state index in [-0.39, 0.29) is 5.78 Å². The van der Waals surface area contributed by atoms with Crippen LogP contribution in [0.5, 0.6) is 0 Å². The zero-order valence-corrected chi connectivity index (χ0v) is 22.1. The lowest BCUT2D eigenvalue weighted by atomic mass is 9.97. The van der Waals surface area contributed by atoms with Gasteiger partial charge in [0.05, 0.1) is 17.6 Å². The molecule has 184 valence electrons. The Labute approximate surface area is 222 Å². The van der Waals surface area contributed by atoms with E-state index in [1.54, 1.807) is 13.0 Å². The van der Waals surface area contributed by atoms with Gasteiger partial charge in [0.25, 0.3) is 0 Å². The van der Waals surface area contributed by atoms with Crippen LogP contribution in [0.3, 0.4) is 0 Å². The van der Waals surface area contributed by atoms with Crippen molar-refractivity contribution in [1.82, 2.24) is 14.9 Å². The summed E-state index contributed by atoms with van der Waals surface area (Å²) >= 11 is 12.3. The van der Waals surface area contributed by atoms with Crippen molar-refractivity contribution in [3.63, 3.8) is 0 Å². The summed E-state index contributed by atoms with van der Waals surface area (Å²) < 4.78 is 0. The summed E-state index contributed by atoms with van der Waals surface area (Å²) in [4.78, 5) is 21.9. The quantitative estimate of drug-likeness (QED) is 0.170. The highest BCUT2D eigenvalue weighted by Crippen LogP contribution is 2.27. The van der Waals surface area contributed by atoms with E-state index in [4.69, 9.17) is 29.6 Å². The van der Waals surface area contributed by atoms with E-state index in [1.165, 1.54) is 16.7 Å². The maximum Gasteiger partial charge on any atom is 0.159 e. The number of aromatic amines is 1. The molecule has 1 aliphatic heterocycles. The van der Waals surface area contributed by atoms with Crippen molar-refractivity contribution in [3.05, 3.63) is 98.5 Å². The zero-order chi connectivity index (χ0) is 25.7. The van der Waals surface area contributed by atoms with Crippen molar-refractivity contribution in [2.45, 2.75) is 46.1 Å². The summed E-state index contributed by atoms with van der Waals surface area (Å²) in [5.41, 5.74) is 7.44. The largest absolute Gasteiger partial charge is 0.366 e. The van der Waals surface area contributed by atoms with Gasteiger partial charge in [-0.05, 0) is 80.2 Å². The summed E-state index contributed by atoms with van der Waals surface area (Å²) in [7, 11) is 0. The van der Waals surface area contributed by atoms with Crippen molar-refractivity contribution in [2.75, 3.05) is 6.54 Å². The lowest BCUT2D eigenvalue weighted by molar-refractivity contribution is 0.101. The topological polar surface area (TPSA) is 49.0 Å². The Hall–Kier alpha value is -3.26. The number of benzene rings is 2. The van der Waals surface area contributed by atoms with Crippen LogP contribution in [0.25, 0.3) is 11.0 Å². The molecule has 1 N–H and O–H groups in total. The van der Waals surface area contributed by atoms with Gasteiger partial charge in [0, 0.05) is 34.8 Å². The summed E-state index contributed by atoms with van der Waals surface area (Å²) in [6.07, 6.45) is 15.4. The van der Waals surface area contributed by atoms with Crippen LogP contribution in [0.1, 0.15) is 54.9 Å². The van der Waals surface area contributed by atoms with Gasteiger partial charge in [0.1, 0.15) is 5.82 Å². The second-order valence-electron chi connectivity index (χ2n) is 9.25. The number of terminal acetylenes is 1. The second-order valence-corrected chi connectivity index (χ2v) is 10.1. The third-order valence-corrected chi connectivity index (χ3v) is 6.80. The Balaban J connectivity index is 1.36. The van der Waals surface area contributed by atoms with Crippen molar-refractivity contribution < 1.29 is 4.79 Å². The molecular weight excluding hydrogens is 489 g/mol. The first-order valence-corrected chi connectivity index (χ1v) is 12.7. The molecule has 3 aromatic rings. The van der Waals surface area contributed by atoms with E-state index in [9.17, 15) is 4.79 Å². The molecular formula is C30H29Cl2N3O. The Bertz CT molecular complexity index is 1420. The summed E-state index contributed by atoms with van der Waals surface area (Å²) in [6, 6.07) is 11.2. The number of nitrogens with zero attached hydrogens (tertiary/aromatic N) is 2. The number of hydrogen-bond acceptors (Lipinski definition) is 3. The molecule has 0 aliphatic carbocycles. The molecule has 4 rings (SSSR count). The fourth-order valence-corrected chi connectivity index (χ4v) is 4.83. The summed E-state index contributed by atoms with van der Waals surface area (Å²) in [6.45, 7) is 5.31. The van der Waals surface area contributed by atoms with Crippen LogP contribution in [-0.4, -0.2) is 27.2 Å². The van der Waals surface area contributed by atoms with Crippen molar-refractivity contribution in [2.24, 2.45) is 0 Å². The van der Waals surface area contributed by atoms with Crippen LogP contribution in [0.4, 0.5) is 0 Å². The Morgan fingerprint density at radius 2 is 2.03 bits per heavy atom. The van der Waals surface area contributed by atoms with E-state index in [0.717, 1.165) is 48.2 Å². The van der Waals surface area contributed by atoms with Crippen LogP contribution in [0.2, 0.25) is 10.0 Å². The maximum atomic E-state index is 11.6. The van der Waals surface area contributed by atoms with Gasteiger partial charge in [-0.2, -0.15) is 0 Å². The number of H-pyrrole nitrogens is 1. The number of nitrogens with one attached hydrogen (secondary N) is 1. The predicted octanol–water partition coefficient (Wildman–Crippen LogP) is 7.69. The normalized spacial score (nSPS) is 14.0. The number of allylic oxidation sites excluding steroid dienone is 4. The molecule has 0 bridgehead atoms. The minimum absolute atomic E-state index is 0.0510. The number of aromatic nitrogens is 2. The van der Waals surface area contributed by atoms with Gasteiger partial charge in [-0.15, -0.1) is 12.3 Å². The molecule has 6 heteroatoms. The minimum Gasteiger partial charge on any atom is -0.366 e. The molecule has 0 spiro atoms. The van der Waals surface area contributed by atoms with Gasteiger partial charge in [-0.1, -0.05) is 47.0 Å². The van der Waals surface area contributed by atoms with Crippen LogP contribution < -0.4 is 0 Å². The average molecular weight is 518 g/mol. The van der Waals surface area contributed by atoms with Gasteiger partial charge in [0.2, 0.25) is 0 Å². The SMILES string of the molecule is C#CC/C=C(\C=C(/C)CCc1ccc(Cl)cc1Cl)CC1=CN(Cc2nc3ccc(C(C)=O)cc3[nH]2)C1. The highest BCUT2D eigenvalue weighted by molar-refractivity contribution is 6.35. The number of fused-ring (bicyclic) bond motifs is 1. The molecule has 1 aliphatic rings. The molecule has 2 aromatic carbocycles. The smallest absolute Gasteiger partial charge is 0.159 e. The van der Waals surface area contributed by atoms with E-state index in [2.05, 4.69) is 46.1 Å². The lowest BCUT2D eigenvalue weighted by Crippen LogP contribution is -2.29. The maximum absolute atomic E-state index is 11.6. The fourth-order valence-electron chi connectivity index (χ4n) is 4.32. The monoisotopic (exact) mass is 517 g/mol. The number of carbonyl (C=O) groups excluding carboxylic acids is 1. The molecule has 2 heterocycles. The highest BCUT2D eigenvalue weighted by Gasteiger charge is 2.18. The van der Waals surface area contributed by atoms with E-state index < -0.39 is 0 Å². The molecule has 0 radical (unpaired) electrons. The zero-order valence-electron chi connectivity index (χ0n) is 20.6. The molecule has 0 amide bonds. The molecule has 0 saturated carbocycles. The third kappa shape index (κ3) is 6.69. The standard InChI is InChI=1S/C30H29Cl2N3O/c1-4-5-6-22(13-20(2)7-8-24-9-11-26(31)16-27(24)32)14-23-17-35(18-23)19-30-33-28-12-10-25(21(3)36)15-29(28)34-30/h1,6,9-13,15-17H,5,7-8,14,18-19H2,2-3H3,(H,33,34)/b20-13+,22-6+. The van der Waals surface area contributed by atoms with E-state index >= 15 is 0 Å². The number of halogens is 2. The highest BCUT2D eigenvalue weighted by atomic mass is 35.5. The van der Waals surface area contributed by atoms with E-state index in [1.807, 2.05) is 30.3 Å². The van der Waals surface area contributed by atoms with Gasteiger partial charge in [0.15, 0.2) is 5.78 Å². The third-order valence-electron chi connectivity index (χ3n) is 6.21. The van der Waals surface area contributed by atoms with Gasteiger partial charge in [-0.25, -0.2) is 4.98 Å². The number of carbonyl (C=O) groups is 1. The Kier molecular flexibility index (Phi) is 8.36. The number of Topliss-reactive ketones (excluding diaryl/α,β-unsaturated/α-hetero) is 1. The van der Waals surface area contributed by atoms with Gasteiger partial charge < -0.3 is 9.88 Å². The molecule has 4 nitrogen and oxygen atoms in total. The number of aryl methyl sites for hydroxylation is 1. The van der Waals surface area contributed by atoms with Crippen LogP contribution >= 0.6 is 23.2 Å². The predicted molar refractivity (Wildman–Crippen MR) is 149 cm³/mol. The fraction of sp³-hybridized carbons (Fsp3) is 0.267. The molecule has 1 aromatic heterocycles. The number of imidazole rings is 1. The molecule has 36 heavy (non-hydrogen) atoms. The summed E-state index contributed by atoms with van der Waals surface area (Å²) in [5.74, 6) is 3.66. The van der Waals surface area contributed by atoms with Gasteiger partial charge >= 0.3 is 0 Å². The average Bonchev–Trinajstić information content (AvgIpc) is 3.22. The number of ketones is 1. The number of hydrogen-bond donors (Lipinski definition) is 1. The molecule has 0 atom stereocenters. The van der Waals surface area contributed by atoms with Crippen LogP contribution in [0, 0.1) is 12.3 Å². The van der Waals surface area contributed by atoms with E-state index in [0.29, 0.717) is 28.6 Å². The Morgan fingerprint density at radius 3 is 2.75 bits per heavy atom. The Morgan fingerprint density at radius 1 is 1.22 bits per heavy atom. The summed E-state index contributed by atoms with van der Waals surface area (Å²) in [5, 5.41) is 1.36.